The number of urea groups is 1. The lowest BCUT2D eigenvalue weighted by molar-refractivity contribution is -0.131. The van der Waals surface area contributed by atoms with Gasteiger partial charge in [0, 0.05) is 13.2 Å². The van der Waals surface area contributed by atoms with Crippen LogP contribution in [-0.4, -0.2) is 41.2 Å². The minimum Gasteiger partial charge on any atom is -0.491 e. The summed E-state index contributed by atoms with van der Waals surface area (Å²) in [7, 11) is 0. The van der Waals surface area contributed by atoms with Crippen LogP contribution in [0.1, 0.15) is 39.2 Å². The van der Waals surface area contributed by atoms with Crippen molar-refractivity contribution in [1.82, 2.24) is 10.2 Å². The third kappa shape index (κ3) is 3.32. The van der Waals surface area contributed by atoms with Crippen LogP contribution in [0.25, 0.3) is 0 Å². The Morgan fingerprint density at radius 2 is 1.91 bits per heavy atom. The molecule has 6 heteroatoms. The van der Waals surface area contributed by atoms with Gasteiger partial charge in [-0.15, -0.1) is 0 Å². The molecule has 0 radical (unpaired) electrons. The highest BCUT2D eigenvalue weighted by atomic mass is 16.5. The van der Waals surface area contributed by atoms with Gasteiger partial charge in [0.2, 0.25) is 0 Å². The summed E-state index contributed by atoms with van der Waals surface area (Å²) in [4.78, 5) is 26.1. The van der Waals surface area contributed by atoms with E-state index in [2.05, 4.69) is 5.32 Å². The fourth-order valence-corrected chi connectivity index (χ4v) is 2.79. The first-order valence-corrected chi connectivity index (χ1v) is 7.96. The van der Waals surface area contributed by atoms with E-state index in [1.165, 1.54) is 4.90 Å². The van der Waals surface area contributed by atoms with Crippen molar-refractivity contribution < 1.29 is 19.4 Å². The molecule has 0 spiro atoms. The molecular weight excluding hydrogens is 296 g/mol. The van der Waals surface area contributed by atoms with Crippen molar-refractivity contribution in [2.45, 2.75) is 45.3 Å². The lowest BCUT2D eigenvalue weighted by Crippen LogP contribution is -2.43. The Hall–Kier alpha value is -2.08. The first-order valence-electron chi connectivity index (χ1n) is 7.96. The van der Waals surface area contributed by atoms with E-state index >= 15 is 0 Å². The Labute approximate surface area is 136 Å². The van der Waals surface area contributed by atoms with Crippen LogP contribution in [0.2, 0.25) is 0 Å². The molecule has 1 saturated heterocycles. The van der Waals surface area contributed by atoms with Crippen LogP contribution in [0.4, 0.5) is 4.79 Å². The average molecular weight is 320 g/mol. The second kappa shape index (κ2) is 7.00. The number of aliphatic hydroxyl groups excluding tert-OH is 1. The highest BCUT2D eigenvalue weighted by Crippen LogP contribution is 2.33. The van der Waals surface area contributed by atoms with Crippen molar-refractivity contribution in [2.75, 3.05) is 13.2 Å². The predicted molar refractivity (Wildman–Crippen MR) is 86.1 cm³/mol. The van der Waals surface area contributed by atoms with Crippen LogP contribution in [0.3, 0.4) is 0 Å². The zero-order chi connectivity index (χ0) is 17.0. The standard InChI is InChI=1S/C17H24N2O4/c1-4-17(13-6-8-14(9-7-13)23-12(2)3)15(21)19(10-5-11-20)16(22)18-17/h6-9,12,20H,4-5,10-11H2,1-3H3,(H,18,22). The van der Waals surface area contributed by atoms with Crippen LogP contribution < -0.4 is 10.1 Å². The van der Waals surface area contributed by atoms with Crippen LogP contribution in [0.15, 0.2) is 24.3 Å². The molecule has 0 saturated carbocycles. The lowest BCUT2D eigenvalue weighted by atomic mass is 9.87. The average Bonchev–Trinajstić information content (AvgIpc) is 2.77. The molecule has 1 heterocycles. The van der Waals surface area contributed by atoms with E-state index in [0.717, 1.165) is 11.3 Å². The van der Waals surface area contributed by atoms with Gasteiger partial charge in [0.15, 0.2) is 0 Å². The molecule has 1 fully saturated rings. The van der Waals surface area contributed by atoms with Gasteiger partial charge in [-0.25, -0.2) is 4.79 Å². The minimum atomic E-state index is -1.04. The molecule has 1 aliphatic rings. The molecule has 126 valence electrons. The molecule has 1 atom stereocenters. The molecule has 1 aromatic rings. The Bertz CT molecular complexity index is 570. The molecular formula is C17H24N2O4. The van der Waals surface area contributed by atoms with E-state index in [1.54, 1.807) is 0 Å². The summed E-state index contributed by atoms with van der Waals surface area (Å²) >= 11 is 0. The number of hydrogen-bond donors (Lipinski definition) is 2. The molecule has 2 rings (SSSR count). The number of nitrogens with zero attached hydrogens (tertiary/aromatic N) is 1. The zero-order valence-corrected chi connectivity index (χ0v) is 13.8. The Balaban J connectivity index is 2.27. The van der Waals surface area contributed by atoms with Crippen molar-refractivity contribution in [2.24, 2.45) is 0 Å². The quantitative estimate of drug-likeness (QED) is 0.753. The molecule has 0 aromatic heterocycles. The maximum absolute atomic E-state index is 12.8. The summed E-state index contributed by atoms with van der Waals surface area (Å²) in [5.74, 6) is 0.458. The predicted octanol–water partition coefficient (Wildman–Crippen LogP) is 2.01. The fourth-order valence-electron chi connectivity index (χ4n) is 2.79. The summed E-state index contributed by atoms with van der Waals surface area (Å²) in [6.45, 7) is 5.92. The molecule has 0 bridgehead atoms. The monoisotopic (exact) mass is 320 g/mol. The number of benzene rings is 1. The number of nitrogens with one attached hydrogen (secondary N) is 1. The fraction of sp³-hybridized carbons (Fsp3) is 0.529. The lowest BCUT2D eigenvalue weighted by Gasteiger charge is -2.26. The number of carbonyl (C=O) groups excluding carboxylic acids is 2. The SMILES string of the molecule is CCC1(c2ccc(OC(C)C)cc2)NC(=O)N(CCCO)C1=O. The van der Waals surface area contributed by atoms with E-state index in [-0.39, 0.29) is 25.2 Å². The second-order valence-electron chi connectivity index (χ2n) is 5.91. The van der Waals surface area contributed by atoms with Crippen molar-refractivity contribution in [3.63, 3.8) is 0 Å². The van der Waals surface area contributed by atoms with Crippen LogP contribution in [0.5, 0.6) is 5.75 Å². The number of carbonyl (C=O) groups is 2. The Kier molecular flexibility index (Phi) is 5.26. The molecule has 1 unspecified atom stereocenters. The van der Waals surface area contributed by atoms with E-state index in [9.17, 15) is 9.59 Å². The summed E-state index contributed by atoms with van der Waals surface area (Å²) in [5.41, 5.74) is -0.302. The number of amides is 3. The normalized spacial score (nSPS) is 21.0. The maximum Gasteiger partial charge on any atom is 0.325 e. The van der Waals surface area contributed by atoms with E-state index < -0.39 is 11.6 Å². The summed E-state index contributed by atoms with van der Waals surface area (Å²) in [6, 6.07) is 6.84. The van der Waals surface area contributed by atoms with Crippen molar-refractivity contribution in [3.8, 4) is 5.75 Å². The number of imide groups is 1. The number of rotatable bonds is 7. The smallest absolute Gasteiger partial charge is 0.325 e. The van der Waals surface area contributed by atoms with E-state index in [0.29, 0.717) is 12.8 Å². The van der Waals surface area contributed by atoms with Gasteiger partial charge < -0.3 is 15.2 Å². The minimum absolute atomic E-state index is 0.0581. The summed E-state index contributed by atoms with van der Waals surface area (Å²) in [5, 5.41) is 11.7. The number of ether oxygens (including phenoxy) is 1. The molecule has 0 aliphatic carbocycles. The van der Waals surface area contributed by atoms with Crippen LogP contribution >= 0.6 is 0 Å². The van der Waals surface area contributed by atoms with Gasteiger partial charge in [-0.3, -0.25) is 9.69 Å². The molecule has 1 aliphatic heterocycles. The van der Waals surface area contributed by atoms with E-state index in [4.69, 9.17) is 9.84 Å². The number of hydrogen-bond acceptors (Lipinski definition) is 4. The first kappa shape index (κ1) is 17.3. The van der Waals surface area contributed by atoms with Crippen LogP contribution in [-0.2, 0) is 10.3 Å². The molecule has 6 nitrogen and oxygen atoms in total. The summed E-state index contributed by atoms with van der Waals surface area (Å²) in [6.07, 6.45) is 0.903. The van der Waals surface area contributed by atoms with Gasteiger partial charge >= 0.3 is 6.03 Å². The highest BCUT2D eigenvalue weighted by Gasteiger charge is 2.50. The second-order valence-corrected chi connectivity index (χ2v) is 5.91. The van der Waals surface area contributed by atoms with Gasteiger partial charge in [0.05, 0.1) is 6.10 Å². The zero-order valence-electron chi connectivity index (χ0n) is 13.8. The molecule has 23 heavy (non-hydrogen) atoms. The van der Waals surface area contributed by atoms with Gasteiger partial charge in [-0.05, 0) is 44.4 Å². The van der Waals surface area contributed by atoms with Gasteiger partial charge in [0.25, 0.3) is 5.91 Å². The van der Waals surface area contributed by atoms with Crippen molar-refractivity contribution in [1.29, 1.82) is 0 Å². The maximum atomic E-state index is 12.8. The Morgan fingerprint density at radius 1 is 1.26 bits per heavy atom. The van der Waals surface area contributed by atoms with Gasteiger partial charge in [0.1, 0.15) is 11.3 Å². The van der Waals surface area contributed by atoms with E-state index in [1.807, 2.05) is 45.0 Å². The largest absolute Gasteiger partial charge is 0.491 e. The van der Waals surface area contributed by atoms with Gasteiger partial charge in [-0.2, -0.15) is 0 Å². The molecule has 1 aromatic carbocycles. The summed E-state index contributed by atoms with van der Waals surface area (Å²) < 4.78 is 5.61. The third-order valence-corrected chi connectivity index (χ3v) is 3.96. The molecule has 2 N–H and O–H groups in total. The third-order valence-electron chi connectivity index (χ3n) is 3.96. The van der Waals surface area contributed by atoms with Gasteiger partial charge in [-0.1, -0.05) is 19.1 Å². The number of aliphatic hydroxyl groups is 1. The highest BCUT2D eigenvalue weighted by molar-refractivity contribution is 6.07. The molecule has 3 amide bonds. The Morgan fingerprint density at radius 3 is 2.43 bits per heavy atom. The first-order chi connectivity index (χ1) is 10.9. The van der Waals surface area contributed by atoms with Crippen molar-refractivity contribution >= 4 is 11.9 Å². The van der Waals surface area contributed by atoms with Crippen LogP contribution in [0, 0.1) is 0 Å². The van der Waals surface area contributed by atoms with Crippen molar-refractivity contribution in [3.05, 3.63) is 29.8 Å². The topological polar surface area (TPSA) is 78.9 Å².